The number of pyridine rings is 1. The molecule has 0 unspecified atom stereocenters. The first-order chi connectivity index (χ1) is 9.19. The Morgan fingerprint density at radius 3 is 2.74 bits per heavy atom. The van der Waals surface area contributed by atoms with E-state index in [2.05, 4.69) is 27.8 Å². The van der Waals surface area contributed by atoms with Crippen LogP contribution in [-0.4, -0.2) is 15.8 Å². The third-order valence-corrected chi connectivity index (χ3v) is 4.29. The summed E-state index contributed by atoms with van der Waals surface area (Å²) in [5, 5.41) is 10.5. The predicted molar refractivity (Wildman–Crippen MR) is 79.5 cm³/mol. The maximum absolute atomic E-state index is 9.34. The van der Waals surface area contributed by atoms with Gasteiger partial charge in [-0.15, -0.1) is 11.8 Å². The minimum atomic E-state index is 0.686. The molecule has 19 heavy (non-hydrogen) atoms. The molecule has 0 amide bonds. The lowest BCUT2D eigenvalue weighted by Crippen LogP contribution is -1.96. The van der Waals surface area contributed by atoms with E-state index in [0.717, 1.165) is 32.5 Å². The molecule has 2 heterocycles. The van der Waals surface area contributed by atoms with Gasteiger partial charge in [-0.1, -0.05) is 18.2 Å². The summed E-state index contributed by atoms with van der Waals surface area (Å²) in [5.41, 5.74) is 4.67. The fraction of sp³-hybridized carbons (Fsp3) is 0.200. The number of para-hydroxylation sites is 1. The first-order valence-corrected chi connectivity index (χ1v) is 7.23. The number of nitrogens with zero attached hydrogens (tertiary/aromatic N) is 3. The highest BCUT2D eigenvalue weighted by atomic mass is 32.2. The molecule has 0 saturated carbocycles. The maximum atomic E-state index is 9.34. The van der Waals surface area contributed by atoms with Crippen molar-refractivity contribution in [3.8, 4) is 6.07 Å². The van der Waals surface area contributed by atoms with Crippen LogP contribution in [0.15, 0.2) is 29.2 Å². The van der Waals surface area contributed by atoms with Gasteiger partial charge in [0.1, 0.15) is 6.07 Å². The highest BCUT2D eigenvalue weighted by Crippen LogP contribution is 2.35. The first kappa shape index (κ1) is 12.1. The zero-order valence-electron chi connectivity index (χ0n) is 11.1. The number of aryl methyl sites for hydroxylation is 2. The number of benzene rings is 1. The van der Waals surface area contributed by atoms with Crippen LogP contribution >= 0.6 is 11.8 Å². The van der Waals surface area contributed by atoms with Crippen LogP contribution in [0.2, 0.25) is 0 Å². The first-order valence-electron chi connectivity index (χ1n) is 6.00. The molecule has 94 valence electrons. The number of fused-ring (bicyclic) bond motifs is 3. The van der Waals surface area contributed by atoms with Crippen molar-refractivity contribution >= 4 is 33.7 Å². The number of rotatable bonds is 1. The lowest BCUT2D eigenvalue weighted by atomic mass is 10.1. The topological polar surface area (TPSA) is 41.6 Å². The minimum Gasteiger partial charge on any atom is -0.341 e. The summed E-state index contributed by atoms with van der Waals surface area (Å²) in [7, 11) is 2.03. The van der Waals surface area contributed by atoms with Gasteiger partial charge < -0.3 is 4.57 Å². The molecule has 0 spiro atoms. The van der Waals surface area contributed by atoms with Crippen molar-refractivity contribution in [3.63, 3.8) is 0 Å². The molecule has 0 aliphatic rings. The average molecular weight is 267 g/mol. The second-order valence-electron chi connectivity index (χ2n) is 4.49. The van der Waals surface area contributed by atoms with E-state index >= 15 is 0 Å². The molecule has 0 atom stereocenters. The smallest absolute Gasteiger partial charge is 0.102 e. The third-order valence-electron chi connectivity index (χ3n) is 3.48. The molecule has 4 heteroatoms. The number of hydrogen-bond acceptors (Lipinski definition) is 3. The van der Waals surface area contributed by atoms with Crippen LogP contribution in [0.5, 0.6) is 0 Å². The Balaban J connectivity index is 2.64. The zero-order valence-corrected chi connectivity index (χ0v) is 11.9. The molecule has 0 radical (unpaired) electrons. The third kappa shape index (κ3) is 1.55. The summed E-state index contributed by atoms with van der Waals surface area (Å²) in [4.78, 5) is 5.66. The molecule has 0 fully saturated rings. The molecule has 0 N–H and O–H groups in total. The number of aromatic nitrogens is 2. The van der Waals surface area contributed by atoms with Gasteiger partial charge in [0.15, 0.2) is 0 Å². The number of hydrogen-bond donors (Lipinski definition) is 0. The van der Waals surface area contributed by atoms with E-state index in [1.807, 2.05) is 32.4 Å². The Kier molecular flexibility index (Phi) is 2.72. The van der Waals surface area contributed by atoms with Crippen molar-refractivity contribution in [2.75, 3.05) is 6.26 Å². The van der Waals surface area contributed by atoms with Crippen molar-refractivity contribution in [2.24, 2.45) is 7.05 Å². The average Bonchev–Trinajstić information content (AvgIpc) is 2.71. The lowest BCUT2D eigenvalue weighted by molar-refractivity contribution is 0.993. The highest BCUT2D eigenvalue weighted by molar-refractivity contribution is 7.98. The van der Waals surface area contributed by atoms with E-state index in [0.29, 0.717) is 5.56 Å². The standard InChI is InChI=1S/C15H13N3S/c1-9-11(8-16)15(19-3)14-13(17-9)10-6-4-5-7-12(10)18(14)2/h4-7H,1-3H3. The summed E-state index contributed by atoms with van der Waals surface area (Å²) in [6, 6.07) is 10.5. The lowest BCUT2D eigenvalue weighted by Gasteiger charge is -2.07. The van der Waals surface area contributed by atoms with Gasteiger partial charge in [-0.3, -0.25) is 0 Å². The summed E-state index contributed by atoms with van der Waals surface area (Å²) >= 11 is 1.61. The van der Waals surface area contributed by atoms with Crippen molar-refractivity contribution in [1.82, 2.24) is 9.55 Å². The van der Waals surface area contributed by atoms with Crippen LogP contribution < -0.4 is 0 Å². The van der Waals surface area contributed by atoms with Gasteiger partial charge in [0.05, 0.1) is 32.7 Å². The molecular weight excluding hydrogens is 254 g/mol. The summed E-state index contributed by atoms with van der Waals surface area (Å²) in [6.45, 7) is 1.90. The SMILES string of the molecule is CSc1c(C#N)c(C)nc2c3ccccc3n(C)c12. The van der Waals surface area contributed by atoms with E-state index < -0.39 is 0 Å². The van der Waals surface area contributed by atoms with Gasteiger partial charge in [0, 0.05) is 12.4 Å². The van der Waals surface area contributed by atoms with Gasteiger partial charge in [0.25, 0.3) is 0 Å². The Labute approximate surface area is 115 Å². The highest BCUT2D eigenvalue weighted by Gasteiger charge is 2.17. The van der Waals surface area contributed by atoms with Crippen molar-refractivity contribution in [3.05, 3.63) is 35.5 Å². The second kappa shape index (κ2) is 4.29. The summed E-state index contributed by atoms with van der Waals surface area (Å²) in [6.07, 6.45) is 2.01. The van der Waals surface area contributed by atoms with Crippen LogP contribution in [0.4, 0.5) is 0 Å². The Morgan fingerprint density at radius 2 is 2.05 bits per heavy atom. The van der Waals surface area contributed by atoms with Crippen LogP contribution in [0.3, 0.4) is 0 Å². The van der Waals surface area contributed by atoms with Gasteiger partial charge in [-0.2, -0.15) is 5.26 Å². The molecule has 3 nitrogen and oxygen atoms in total. The Bertz CT molecular complexity index is 840. The van der Waals surface area contributed by atoms with E-state index in [1.165, 1.54) is 0 Å². The Morgan fingerprint density at radius 1 is 1.32 bits per heavy atom. The fourth-order valence-electron chi connectivity index (χ4n) is 2.58. The van der Waals surface area contributed by atoms with Gasteiger partial charge in [0.2, 0.25) is 0 Å². The molecule has 3 rings (SSSR count). The van der Waals surface area contributed by atoms with Gasteiger partial charge in [-0.05, 0) is 19.2 Å². The maximum Gasteiger partial charge on any atom is 0.102 e. The van der Waals surface area contributed by atoms with Crippen LogP contribution in [0.1, 0.15) is 11.3 Å². The van der Waals surface area contributed by atoms with E-state index in [4.69, 9.17) is 0 Å². The van der Waals surface area contributed by atoms with E-state index in [-0.39, 0.29) is 0 Å². The largest absolute Gasteiger partial charge is 0.341 e. The van der Waals surface area contributed by atoms with Gasteiger partial charge in [-0.25, -0.2) is 4.98 Å². The molecule has 0 bridgehead atoms. The number of nitriles is 1. The molecule has 0 aliphatic carbocycles. The van der Waals surface area contributed by atoms with Crippen molar-refractivity contribution in [1.29, 1.82) is 5.26 Å². The molecule has 0 saturated heterocycles. The van der Waals surface area contributed by atoms with Crippen molar-refractivity contribution in [2.45, 2.75) is 11.8 Å². The van der Waals surface area contributed by atoms with Crippen molar-refractivity contribution < 1.29 is 0 Å². The van der Waals surface area contributed by atoms with Crippen LogP contribution in [-0.2, 0) is 7.05 Å². The zero-order chi connectivity index (χ0) is 13.6. The van der Waals surface area contributed by atoms with Crippen LogP contribution in [0.25, 0.3) is 21.9 Å². The minimum absolute atomic E-state index is 0.686. The summed E-state index contributed by atoms with van der Waals surface area (Å²) in [5.74, 6) is 0. The molecule has 0 aliphatic heterocycles. The molecule has 1 aromatic carbocycles. The monoisotopic (exact) mass is 267 g/mol. The second-order valence-corrected chi connectivity index (χ2v) is 5.31. The van der Waals surface area contributed by atoms with Crippen LogP contribution in [0, 0.1) is 18.3 Å². The predicted octanol–water partition coefficient (Wildman–Crippen LogP) is 3.63. The Hall–Kier alpha value is -1.99. The molecule has 2 aromatic heterocycles. The van der Waals surface area contributed by atoms with Gasteiger partial charge >= 0.3 is 0 Å². The molecule has 3 aromatic rings. The summed E-state index contributed by atoms with van der Waals surface area (Å²) < 4.78 is 2.13. The molecular formula is C15H13N3S. The quantitative estimate of drug-likeness (QED) is 0.632. The number of thioether (sulfide) groups is 1. The fourth-order valence-corrected chi connectivity index (χ4v) is 3.41. The van der Waals surface area contributed by atoms with E-state index in [1.54, 1.807) is 11.8 Å². The normalized spacial score (nSPS) is 11.1. The van der Waals surface area contributed by atoms with E-state index in [9.17, 15) is 5.26 Å².